The predicted molar refractivity (Wildman–Crippen MR) is 189 cm³/mol. The molecular weight excluding hydrogens is 632 g/mol. The molecule has 9 heteroatoms. The van der Waals surface area contributed by atoms with E-state index in [9.17, 15) is 13.8 Å². The zero-order valence-corrected chi connectivity index (χ0v) is 29.6. The Morgan fingerprint density at radius 2 is 2.02 bits per heavy atom. The molecule has 1 fully saturated rings. The highest BCUT2D eigenvalue weighted by Crippen LogP contribution is 2.45. The first-order valence-electron chi connectivity index (χ1n) is 17.4. The standard InChI is InChI=1S/C38H49ClN2O5S/c1-4-28-22-41-24-38(17-8-9-29-20-31(39)14-15-33(29)38)25-46-36-16-13-30(21-34(36)41)37(43)40-47(44,23-32(42)19-27-11-12-27)18-7-5-6-10-35(45-3)26(28)2/h6,10,13-16,20-21,26-28,35H,4-5,7-9,11-12,17-19,22-25H2,1-3H3/b10-6+/t26-,28+,35+,38+,47-/m1/s1. The molecule has 0 aromatic heterocycles. The molecule has 2 aliphatic heterocycles. The first-order chi connectivity index (χ1) is 22.6. The Hall–Kier alpha value is -2.68. The smallest absolute Gasteiger partial charge is 0.285 e. The molecule has 1 amide bonds. The quantitative estimate of drug-likeness (QED) is 0.289. The second-order valence-electron chi connectivity index (χ2n) is 14.3. The van der Waals surface area contributed by atoms with E-state index in [0.717, 1.165) is 68.1 Å². The highest BCUT2D eigenvalue weighted by molar-refractivity contribution is 7.94. The number of aryl methyl sites for hydroxylation is 1. The minimum atomic E-state index is -3.07. The van der Waals surface area contributed by atoms with Gasteiger partial charge in [0.1, 0.15) is 11.5 Å². The number of Topliss-reactive ketones (excluding diaryl/α,β-unsaturated/α-hetero) is 1. The van der Waals surface area contributed by atoms with Crippen molar-refractivity contribution in [1.82, 2.24) is 0 Å². The molecule has 1 saturated carbocycles. The van der Waals surface area contributed by atoms with Crippen LogP contribution >= 0.6 is 11.6 Å². The van der Waals surface area contributed by atoms with Gasteiger partial charge in [0.05, 0.1) is 33.9 Å². The van der Waals surface area contributed by atoms with Gasteiger partial charge in [0.2, 0.25) is 0 Å². The SMILES string of the molecule is CC[C@H]1CN2C[C@@]3(CCCc4cc(Cl)ccc43)COc3ccc(cc32)C(=O)N=[S@](=O)(CC(=O)CC2CC2)CCC/C=C/[C@H](OC)[C@@H]1C. The zero-order valence-electron chi connectivity index (χ0n) is 28.0. The second kappa shape index (κ2) is 14.4. The number of anilines is 1. The van der Waals surface area contributed by atoms with Crippen molar-refractivity contribution in [2.24, 2.45) is 22.1 Å². The number of allylic oxidation sites excluding steroid dienone is 1. The van der Waals surface area contributed by atoms with E-state index in [2.05, 4.69) is 47.4 Å². The lowest BCUT2D eigenvalue weighted by Gasteiger charge is -2.42. The van der Waals surface area contributed by atoms with Gasteiger partial charge in [-0.1, -0.05) is 50.1 Å². The number of fused-ring (bicyclic) bond motifs is 3. The molecule has 2 aromatic carbocycles. The average Bonchev–Trinajstić information content (AvgIpc) is 3.87. The topological polar surface area (TPSA) is 85.3 Å². The van der Waals surface area contributed by atoms with Crippen molar-refractivity contribution < 1.29 is 23.3 Å². The molecule has 0 unspecified atom stereocenters. The number of rotatable bonds is 6. The maximum atomic E-state index is 14.2. The predicted octanol–water partition coefficient (Wildman–Crippen LogP) is 7.82. The van der Waals surface area contributed by atoms with Crippen LogP contribution in [-0.2, 0) is 31.1 Å². The van der Waals surface area contributed by atoms with Crippen molar-refractivity contribution in [3.63, 3.8) is 0 Å². The van der Waals surface area contributed by atoms with Crippen LogP contribution in [0.25, 0.3) is 0 Å². The number of hydrogen-bond donors (Lipinski definition) is 0. The Bertz CT molecular complexity index is 1640. The highest BCUT2D eigenvalue weighted by Gasteiger charge is 2.42. The van der Waals surface area contributed by atoms with Gasteiger partial charge in [-0.05, 0) is 104 Å². The molecule has 2 aromatic rings. The van der Waals surface area contributed by atoms with Crippen LogP contribution in [0.4, 0.5) is 5.69 Å². The molecule has 1 spiro atoms. The average molecular weight is 681 g/mol. The third kappa shape index (κ3) is 7.81. The van der Waals surface area contributed by atoms with E-state index in [1.54, 1.807) is 13.2 Å². The molecule has 0 N–H and O–H groups in total. The Morgan fingerprint density at radius 1 is 1.19 bits per heavy atom. The van der Waals surface area contributed by atoms with Crippen molar-refractivity contribution >= 4 is 38.7 Å². The monoisotopic (exact) mass is 680 g/mol. The fourth-order valence-electron chi connectivity index (χ4n) is 7.90. The van der Waals surface area contributed by atoms with E-state index < -0.39 is 15.6 Å². The van der Waals surface area contributed by atoms with Gasteiger partial charge in [-0.3, -0.25) is 9.59 Å². The van der Waals surface area contributed by atoms with Gasteiger partial charge in [0.15, 0.2) is 0 Å². The summed E-state index contributed by atoms with van der Waals surface area (Å²) in [6.07, 6.45) is 11.9. The van der Waals surface area contributed by atoms with Crippen LogP contribution in [0.3, 0.4) is 0 Å². The number of amides is 1. The zero-order chi connectivity index (χ0) is 33.2. The van der Waals surface area contributed by atoms with Crippen molar-refractivity contribution in [3.05, 3.63) is 70.3 Å². The molecule has 2 aliphatic carbocycles. The number of benzene rings is 2. The summed E-state index contributed by atoms with van der Waals surface area (Å²) in [7, 11) is -1.31. The number of methoxy groups -OCH3 is 1. The van der Waals surface area contributed by atoms with Crippen LogP contribution in [0.15, 0.2) is 52.9 Å². The van der Waals surface area contributed by atoms with E-state index in [1.807, 2.05) is 18.2 Å². The number of ketones is 1. The fraction of sp³-hybridized carbons (Fsp3) is 0.579. The minimum Gasteiger partial charge on any atom is -0.490 e. The van der Waals surface area contributed by atoms with E-state index in [0.29, 0.717) is 43.3 Å². The normalized spacial score (nSPS) is 30.5. The van der Waals surface area contributed by atoms with Gasteiger partial charge in [-0.2, -0.15) is 4.36 Å². The van der Waals surface area contributed by atoms with Crippen molar-refractivity contribution in [2.45, 2.75) is 83.2 Å². The maximum Gasteiger partial charge on any atom is 0.285 e. The lowest BCUT2D eigenvalue weighted by atomic mass is 9.70. The minimum absolute atomic E-state index is 0.0567. The first-order valence-corrected chi connectivity index (χ1v) is 19.6. The lowest BCUT2D eigenvalue weighted by Crippen LogP contribution is -2.47. The summed E-state index contributed by atoms with van der Waals surface area (Å²) >= 11 is 6.45. The van der Waals surface area contributed by atoms with Crippen LogP contribution in [0.1, 0.15) is 86.7 Å². The maximum absolute atomic E-state index is 14.2. The summed E-state index contributed by atoms with van der Waals surface area (Å²) in [5.74, 6) is 1.09. The van der Waals surface area contributed by atoms with E-state index in [1.165, 1.54) is 11.1 Å². The third-order valence-electron chi connectivity index (χ3n) is 10.8. The van der Waals surface area contributed by atoms with Crippen LogP contribution in [-0.4, -0.2) is 60.3 Å². The first kappa shape index (κ1) is 34.2. The molecule has 0 radical (unpaired) electrons. The van der Waals surface area contributed by atoms with Crippen LogP contribution in [0.5, 0.6) is 5.75 Å². The van der Waals surface area contributed by atoms with Crippen molar-refractivity contribution in [3.8, 4) is 5.75 Å². The van der Waals surface area contributed by atoms with Gasteiger partial charge in [0.25, 0.3) is 5.91 Å². The number of hydrogen-bond acceptors (Lipinski definition) is 6. The number of carbonyl (C=O) groups excluding carboxylic acids is 2. The van der Waals surface area contributed by atoms with Crippen LogP contribution in [0.2, 0.25) is 5.02 Å². The molecule has 6 rings (SSSR count). The largest absolute Gasteiger partial charge is 0.490 e. The van der Waals surface area contributed by atoms with E-state index in [4.69, 9.17) is 21.1 Å². The summed E-state index contributed by atoms with van der Waals surface area (Å²) in [5, 5.41) is 0.750. The Kier molecular flexibility index (Phi) is 10.5. The molecule has 47 heavy (non-hydrogen) atoms. The van der Waals surface area contributed by atoms with E-state index >= 15 is 0 Å². The molecule has 7 nitrogen and oxygen atoms in total. The number of ether oxygens (including phenoxy) is 2. The van der Waals surface area contributed by atoms with Gasteiger partial charge >= 0.3 is 0 Å². The third-order valence-corrected chi connectivity index (χ3v) is 13.2. The molecular formula is C38H49ClN2O5S. The fourth-order valence-corrected chi connectivity index (χ4v) is 10.0. The van der Waals surface area contributed by atoms with Gasteiger partial charge in [0, 0.05) is 48.4 Å². The molecule has 254 valence electrons. The second-order valence-corrected chi connectivity index (χ2v) is 17.1. The summed E-state index contributed by atoms with van der Waals surface area (Å²) in [6, 6.07) is 11.7. The van der Waals surface area contributed by atoms with Crippen LogP contribution in [0, 0.1) is 17.8 Å². The summed E-state index contributed by atoms with van der Waals surface area (Å²) < 4.78 is 31.2. The van der Waals surface area contributed by atoms with Crippen LogP contribution < -0.4 is 9.64 Å². The lowest BCUT2D eigenvalue weighted by molar-refractivity contribution is -0.116. The van der Waals surface area contributed by atoms with E-state index in [-0.39, 0.29) is 34.7 Å². The van der Waals surface area contributed by atoms with Crippen molar-refractivity contribution in [1.29, 1.82) is 0 Å². The molecule has 2 heterocycles. The Labute approximate surface area is 285 Å². The van der Waals surface area contributed by atoms with Crippen molar-refractivity contribution in [2.75, 3.05) is 43.2 Å². The Morgan fingerprint density at radius 3 is 2.79 bits per heavy atom. The van der Waals surface area contributed by atoms with Gasteiger partial charge in [-0.15, -0.1) is 0 Å². The summed E-state index contributed by atoms with van der Waals surface area (Å²) in [5.41, 5.74) is 3.54. The summed E-state index contributed by atoms with van der Waals surface area (Å²) in [4.78, 5) is 29.1. The number of carbonyl (C=O) groups is 2. The number of nitrogens with zero attached hydrogens (tertiary/aromatic N) is 2. The molecule has 2 bridgehead atoms. The van der Waals surface area contributed by atoms with Gasteiger partial charge in [-0.25, -0.2) is 4.21 Å². The molecule has 4 aliphatic rings. The number of halogens is 1. The van der Waals surface area contributed by atoms with Gasteiger partial charge < -0.3 is 14.4 Å². The summed E-state index contributed by atoms with van der Waals surface area (Å²) in [6.45, 7) is 6.50. The molecule has 5 atom stereocenters. The highest BCUT2D eigenvalue weighted by atomic mass is 35.5. The Balaban J connectivity index is 1.43. The molecule has 0 saturated heterocycles.